The van der Waals surface area contributed by atoms with Gasteiger partial charge >= 0.3 is 0 Å². The van der Waals surface area contributed by atoms with Gasteiger partial charge in [0.2, 0.25) is 5.91 Å². The van der Waals surface area contributed by atoms with Crippen LogP contribution in [0.25, 0.3) is 22.0 Å². The molecule has 4 N–H and O–H groups in total. The number of carbonyl (C=O) groups is 2. The highest BCUT2D eigenvalue weighted by Crippen LogP contribution is 2.27. The van der Waals surface area contributed by atoms with Gasteiger partial charge < -0.3 is 15.6 Å². The average molecular weight is 394 g/mol. The molecule has 28 heavy (non-hydrogen) atoms. The maximum atomic E-state index is 12.6. The second-order valence-electron chi connectivity index (χ2n) is 6.27. The lowest BCUT2D eigenvalue weighted by atomic mass is 10.1. The number of anilines is 1. The van der Waals surface area contributed by atoms with Gasteiger partial charge in [0.1, 0.15) is 12.4 Å². The van der Waals surface area contributed by atoms with E-state index in [-0.39, 0.29) is 12.5 Å². The predicted molar refractivity (Wildman–Crippen MR) is 108 cm³/mol. The van der Waals surface area contributed by atoms with Crippen molar-refractivity contribution in [2.75, 3.05) is 5.32 Å². The first kappa shape index (κ1) is 17.8. The van der Waals surface area contributed by atoms with E-state index in [2.05, 4.69) is 15.5 Å². The highest BCUT2D eigenvalue weighted by Gasteiger charge is 2.16. The number of fused-ring (bicyclic) bond motifs is 1. The number of aromatic amines is 1. The molecule has 0 spiro atoms. The SMILES string of the molecule is NC(=O)c1cn(CC(=O)Nc2[nH]ncc2-c2ccc(Cl)cc2)c2ccccc12. The van der Waals surface area contributed by atoms with E-state index in [1.54, 1.807) is 35.2 Å². The molecule has 7 nitrogen and oxygen atoms in total. The topological polar surface area (TPSA) is 106 Å². The smallest absolute Gasteiger partial charge is 0.250 e. The summed E-state index contributed by atoms with van der Waals surface area (Å²) in [5, 5.41) is 11.0. The number of nitrogens with zero attached hydrogens (tertiary/aromatic N) is 2. The molecule has 2 amide bonds. The number of benzene rings is 2. The minimum Gasteiger partial charge on any atom is -0.366 e. The van der Waals surface area contributed by atoms with Gasteiger partial charge in [-0.1, -0.05) is 41.9 Å². The largest absolute Gasteiger partial charge is 0.366 e. The van der Waals surface area contributed by atoms with E-state index in [4.69, 9.17) is 17.3 Å². The molecule has 0 saturated carbocycles. The summed E-state index contributed by atoms with van der Waals surface area (Å²) in [5.74, 6) is -0.316. The Morgan fingerprint density at radius 3 is 2.64 bits per heavy atom. The summed E-state index contributed by atoms with van der Waals surface area (Å²) in [7, 11) is 0. The molecule has 0 unspecified atom stereocenters. The van der Waals surface area contributed by atoms with Gasteiger partial charge in [0.05, 0.1) is 11.8 Å². The fraction of sp³-hybridized carbons (Fsp3) is 0.0500. The number of para-hydroxylation sites is 1. The van der Waals surface area contributed by atoms with E-state index in [0.29, 0.717) is 21.8 Å². The summed E-state index contributed by atoms with van der Waals surface area (Å²) in [6.07, 6.45) is 3.23. The fourth-order valence-electron chi connectivity index (χ4n) is 3.14. The van der Waals surface area contributed by atoms with Crippen LogP contribution in [0.3, 0.4) is 0 Å². The number of nitrogens with two attached hydrogens (primary N) is 1. The zero-order valence-electron chi connectivity index (χ0n) is 14.6. The Morgan fingerprint density at radius 1 is 1.14 bits per heavy atom. The van der Waals surface area contributed by atoms with Crippen molar-refractivity contribution in [1.29, 1.82) is 0 Å². The Morgan fingerprint density at radius 2 is 1.89 bits per heavy atom. The lowest BCUT2D eigenvalue weighted by Crippen LogP contribution is -2.19. The van der Waals surface area contributed by atoms with Crippen LogP contribution in [0.15, 0.2) is 60.9 Å². The molecule has 0 radical (unpaired) electrons. The summed E-state index contributed by atoms with van der Waals surface area (Å²) in [6.45, 7) is 0.0207. The van der Waals surface area contributed by atoms with Crippen molar-refractivity contribution < 1.29 is 9.59 Å². The Balaban J connectivity index is 1.58. The highest BCUT2D eigenvalue weighted by molar-refractivity contribution is 6.30. The number of hydrogen-bond donors (Lipinski definition) is 3. The van der Waals surface area contributed by atoms with Crippen molar-refractivity contribution in [3.05, 3.63) is 71.5 Å². The third-order valence-corrected chi connectivity index (χ3v) is 4.68. The van der Waals surface area contributed by atoms with E-state index in [1.165, 1.54) is 0 Å². The van der Waals surface area contributed by atoms with Crippen molar-refractivity contribution in [2.24, 2.45) is 5.73 Å². The zero-order chi connectivity index (χ0) is 19.7. The molecule has 8 heteroatoms. The number of hydrogen-bond acceptors (Lipinski definition) is 3. The first-order chi connectivity index (χ1) is 13.5. The summed E-state index contributed by atoms with van der Waals surface area (Å²) in [4.78, 5) is 24.3. The molecule has 2 aromatic carbocycles. The fourth-order valence-corrected chi connectivity index (χ4v) is 3.26. The lowest BCUT2D eigenvalue weighted by Gasteiger charge is -2.08. The van der Waals surface area contributed by atoms with Crippen molar-refractivity contribution in [1.82, 2.24) is 14.8 Å². The van der Waals surface area contributed by atoms with Crippen LogP contribution in [0.2, 0.25) is 5.02 Å². The van der Waals surface area contributed by atoms with Crippen LogP contribution in [0.1, 0.15) is 10.4 Å². The van der Waals surface area contributed by atoms with Gasteiger partial charge in [-0.3, -0.25) is 14.7 Å². The molecule has 2 aromatic heterocycles. The van der Waals surface area contributed by atoms with Crippen LogP contribution in [0, 0.1) is 0 Å². The second kappa shape index (κ2) is 7.21. The summed E-state index contributed by atoms with van der Waals surface area (Å²) in [5.41, 5.74) is 8.21. The Bertz CT molecular complexity index is 1180. The maximum absolute atomic E-state index is 12.6. The quantitative estimate of drug-likeness (QED) is 0.483. The molecule has 0 aliphatic rings. The highest BCUT2D eigenvalue weighted by atomic mass is 35.5. The standard InChI is InChI=1S/C20H16ClN5O2/c21-13-7-5-12(6-8-13)15-9-23-25-20(15)24-18(27)11-26-10-16(19(22)28)14-3-1-2-4-17(14)26/h1-10H,11H2,(H2,22,28)(H2,23,24,25,27). The van der Waals surface area contributed by atoms with Crippen molar-refractivity contribution in [3.8, 4) is 11.1 Å². The normalized spacial score (nSPS) is 10.9. The minimum absolute atomic E-state index is 0.0207. The predicted octanol–water partition coefficient (Wildman–Crippen LogP) is 3.42. The average Bonchev–Trinajstić information content (AvgIpc) is 3.28. The number of H-pyrrole nitrogens is 1. The Kier molecular flexibility index (Phi) is 4.58. The molecule has 0 atom stereocenters. The maximum Gasteiger partial charge on any atom is 0.250 e. The Hall–Kier alpha value is -3.58. The first-order valence-electron chi connectivity index (χ1n) is 8.50. The van der Waals surface area contributed by atoms with Gasteiger partial charge in [-0.2, -0.15) is 5.10 Å². The first-order valence-corrected chi connectivity index (χ1v) is 8.87. The van der Waals surface area contributed by atoms with Crippen LogP contribution in [-0.4, -0.2) is 26.6 Å². The monoisotopic (exact) mass is 393 g/mol. The van der Waals surface area contributed by atoms with Gasteiger partial charge in [-0.15, -0.1) is 0 Å². The number of aromatic nitrogens is 3. The van der Waals surface area contributed by atoms with Crippen LogP contribution in [0.5, 0.6) is 0 Å². The third-order valence-electron chi connectivity index (χ3n) is 4.43. The van der Waals surface area contributed by atoms with Crippen LogP contribution < -0.4 is 11.1 Å². The molecule has 2 heterocycles. The van der Waals surface area contributed by atoms with Gasteiger partial charge in [-0.25, -0.2) is 0 Å². The number of nitrogens with one attached hydrogen (secondary N) is 2. The zero-order valence-corrected chi connectivity index (χ0v) is 15.4. The van der Waals surface area contributed by atoms with Crippen molar-refractivity contribution in [2.45, 2.75) is 6.54 Å². The minimum atomic E-state index is -0.533. The molecule has 0 aliphatic heterocycles. The third kappa shape index (κ3) is 3.35. The molecular weight excluding hydrogens is 378 g/mol. The van der Waals surface area contributed by atoms with Crippen molar-refractivity contribution in [3.63, 3.8) is 0 Å². The molecule has 0 saturated heterocycles. The number of amides is 2. The van der Waals surface area contributed by atoms with Gasteiger partial charge in [0.25, 0.3) is 5.91 Å². The summed E-state index contributed by atoms with van der Waals surface area (Å²) >= 11 is 5.93. The van der Waals surface area contributed by atoms with E-state index < -0.39 is 5.91 Å². The van der Waals surface area contributed by atoms with Gasteiger partial charge in [0, 0.05) is 27.7 Å². The second-order valence-corrected chi connectivity index (χ2v) is 6.70. The van der Waals surface area contributed by atoms with Crippen LogP contribution in [-0.2, 0) is 11.3 Å². The number of carbonyl (C=O) groups excluding carboxylic acids is 2. The molecular formula is C20H16ClN5O2. The van der Waals surface area contributed by atoms with E-state index in [0.717, 1.165) is 16.6 Å². The lowest BCUT2D eigenvalue weighted by molar-refractivity contribution is -0.116. The number of halogens is 1. The van der Waals surface area contributed by atoms with E-state index in [1.807, 2.05) is 30.3 Å². The Labute approximate surface area is 165 Å². The molecule has 140 valence electrons. The summed E-state index contributed by atoms with van der Waals surface area (Å²) < 4.78 is 1.70. The molecule has 0 bridgehead atoms. The van der Waals surface area contributed by atoms with Crippen molar-refractivity contribution >= 4 is 40.1 Å². The molecule has 0 aliphatic carbocycles. The molecule has 4 rings (SSSR count). The summed E-state index contributed by atoms with van der Waals surface area (Å²) in [6, 6.07) is 14.5. The van der Waals surface area contributed by atoms with E-state index in [9.17, 15) is 9.59 Å². The van der Waals surface area contributed by atoms with Crippen LogP contribution >= 0.6 is 11.6 Å². The van der Waals surface area contributed by atoms with Crippen LogP contribution in [0.4, 0.5) is 5.82 Å². The number of rotatable bonds is 5. The molecule has 4 aromatic rings. The van der Waals surface area contributed by atoms with E-state index >= 15 is 0 Å². The van der Waals surface area contributed by atoms with Gasteiger partial charge in [0.15, 0.2) is 0 Å². The van der Waals surface area contributed by atoms with Gasteiger partial charge in [-0.05, 0) is 23.8 Å². The number of primary amides is 1. The molecule has 0 fully saturated rings.